The molecule has 0 bridgehead atoms. The van der Waals surface area contributed by atoms with Crippen LogP contribution in [0.5, 0.6) is 5.75 Å². The molecule has 2 aromatic heterocycles. The summed E-state index contributed by atoms with van der Waals surface area (Å²) in [5.41, 5.74) is 8.26. The standard InChI is InChI=1S/C21H23N7O2/c1-13(20(29)23-12-11-22)24-21-25-17-6-4-3-5-16(17)19-26-18(27-28(19)21)14-7-9-15(30-2)10-8-14/h3-10,13H,11-12,22H2,1-2H3,(H,23,29)(H,24,25)/t13-/m1/s1. The van der Waals surface area contributed by atoms with Crippen molar-refractivity contribution >= 4 is 22.5 Å². The molecule has 0 saturated heterocycles. The van der Waals surface area contributed by atoms with Crippen LogP contribution < -0.4 is 21.4 Å². The fourth-order valence-electron chi connectivity index (χ4n) is 3.13. The number of para-hydroxylation sites is 1. The molecule has 4 aromatic rings. The maximum atomic E-state index is 12.3. The average molecular weight is 405 g/mol. The van der Waals surface area contributed by atoms with Gasteiger partial charge in [0.1, 0.15) is 11.8 Å². The quantitative estimate of drug-likeness (QED) is 0.446. The van der Waals surface area contributed by atoms with Crippen molar-refractivity contribution in [3.63, 3.8) is 0 Å². The molecule has 154 valence electrons. The molecule has 9 nitrogen and oxygen atoms in total. The van der Waals surface area contributed by atoms with E-state index in [2.05, 4.69) is 20.4 Å². The Labute approximate surface area is 172 Å². The van der Waals surface area contributed by atoms with Crippen molar-refractivity contribution in [3.05, 3.63) is 54.1 Å². The van der Waals surface area contributed by atoms with E-state index in [-0.39, 0.29) is 5.91 Å². The molecule has 0 aliphatic heterocycles. The van der Waals surface area contributed by atoms with Gasteiger partial charge >= 0.3 is 0 Å². The molecule has 0 saturated carbocycles. The Kier molecular flexibility index (Phi) is 5.44. The van der Waals surface area contributed by atoms with Gasteiger partial charge in [0.15, 0.2) is 11.5 Å². The van der Waals surface area contributed by atoms with E-state index in [9.17, 15) is 4.79 Å². The predicted molar refractivity (Wildman–Crippen MR) is 114 cm³/mol. The van der Waals surface area contributed by atoms with E-state index < -0.39 is 6.04 Å². The van der Waals surface area contributed by atoms with Gasteiger partial charge in [-0.15, -0.1) is 5.10 Å². The molecule has 30 heavy (non-hydrogen) atoms. The van der Waals surface area contributed by atoms with Crippen molar-refractivity contribution in [1.82, 2.24) is 24.9 Å². The number of carbonyl (C=O) groups excluding carboxylic acids is 1. The summed E-state index contributed by atoms with van der Waals surface area (Å²) in [4.78, 5) is 24.8. The van der Waals surface area contributed by atoms with E-state index in [0.717, 1.165) is 22.2 Å². The Morgan fingerprint density at radius 2 is 2.03 bits per heavy atom. The van der Waals surface area contributed by atoms with Crippen LogP contribution in [-0.4, -0.2) is 51.7 Å². The van der Waals surface area contributed by atoms with Crippen molar-refractivity contribution < 1.29 is 9.53 Å². The number of rotatable bonds is 6. The van der Waals surface area contributed by atoms with Crippen LogP contribution >= 0.6 is 0 Å². The van der Waals surface area contributed by atoms with Crippen molar-refractivity contribution in [2.45, 2.75) is 13.0 Å². The van der Waals surface area contributed by atoms with Gasteiger partial charge in [-0.05, 0) is 43.3 Å². The Hall–Kier alpha value is -3.72. The molecule has 1 amide bonds. The minimum Gasteiger partial charge on any atom is -0.497 e. The van der Waals surface area contributed by atoms with E-state index in [1.165, 1.54) is 0 Å². The maximum Gasteiger partial charge on any atom is 0.244 e. The highest BCUT2D eigenvalue weighted by molar-refractivity contribution is 5.91. The second-order valence-electron chi connectivity index (χ2n) is 6.78. The summed E-state index contributed by atoms with van der Waals surface area (Å²) in [6.07, 6.45) is 0. The highest BCUT2D eigenvalue weighted by atomic mass is 16.5. The van der Waals surface area contributed by atoms with Gasteiger partial charge in [-0.25, -0.2) is 9.98 Å². The molecule has 4 rings (SSSR count). The number of amides is 1. The van der Waals surface area contributed by atoms with Gasteiger partial charge in [0, 0.05) is 24.0 Å². The summed E-state index contributed by atoms with van der Waals surface area (Å²) in [7, 11) is 1.62. The summed E-state index contributed by atoms with van der Waals surface area (Å²) < 4.78 is 6.86. The summed E-state index contributed by atoms with van der Waals surface area (Å²) in [6.45, 7) is 2.50. The van der Waals surface area contributed by atoms with Crippen molar-refractivity contribution in [1.29, 1.82) is 0 Å². The lowest BCUT2D eigenvalue weighted by atomic mass is 10.2. The number of aromatic nitrogens is 4. The molecule has 0 radical (unpaired) electrons. The Morgan fingerprint density at radius 1 is 1.27 bits per heavy atom. The monoisotopic (exact) mass is 405 g/mol. The molecule has 2 aromatic carbocycles. The maximum absolute atomic E-state index is 12.3. The van der Waals surface area contributed by atoms with Crippen LogP contribution in [0.2, 0.25) is 0 Å². The van der Waals surface area contributed by atoms with Crippen LogP contribution in [0.15, 0.2) is 53.5 Å². The van der Waals surface area contributed by atoms with Crippen LogP contribution in [0.4, 0.5) is 0 Å². The molecule has 1 atom stereocenters. The van der Waals surface area contributed by atoms with Crippen LogP contribution in [0, 0.1) is 0 Å². The van der Waals surface area contributed by atoms with Gasteiger partial charge in [0.2, 0.25) is 11.5 Å². The van der Waals surface area contributed by atoms with Gasteiger partial charge in [-0.3, -0.25) is 4.79 Å². The largest absolute Gasteiger partial charge is 0.497 e. The second kappa shape index (κ2) is 8.34. The van der Waals surface area contributed by atoms with Crippen LogP contribution in [0.25, 0.3) is 27.9 Å². The highest BCUT2D eigenvalue weighted by Crippen LogP contribution is 2.22. The van der Waals surface area contributed by atoms with E-state index in [0.29, 0.717) is 30.2 Å². The Morgan fingerprint density at radius 3 is 2.77 bits per heavy atom. The van der Waals surface area contributed by atoms with Crippen LogP contribution in [0.1, 0.15) is 6.92 Å². The van der Waals surface area contributed by atoms with Crippen molar-refractivity contribution in [2.24, 2.45) is 10.7 Å². The number of aromatic amines is 1. The normalized spacial score (nSPS) is 13.0. The predicted octanol–water partition coefficient (Wildman–Crippen LogP) is 1.25. The Balaban J connectivity index is 1.87. The number of nitrogens with two attached hydrogens (primary N) is 1. The van der Waals surface area contributed by atoms with Gasteiger partial charge in [0.25, 0.3) is 0 Å². The van der Waals surface area contributed by atoms with E-state index >= 15 is 0 Å². The number of H-pyrrole nitrogens is 1. The Bertz CT molecular complexity index is 1260. The van der Waals surface area contributed by atoms with Crippen molar-refractivity contribution in [3.8, 4) is 17.1 Å². The SMILES string of the molecule is COc1ccc(-c2nc3c4ccccc4[nH]/c(=N/[C@H](C)C(=O)NCCN)n3n2)cc1. The minimum absolute atomic E-state index is 0.203. The van der Waals surface area contributed by atoms with E-state index in [1.807, 2.05) is 48.5 Å². The number of carbonyl (C=O) groups is 1. The number of methoxy groups -OCH3 is 1. The average Bonchev–Trinajstić information content (AvgIpc) is 3.23. The summed E-state index contributed by atoms with van der Waals surface area (Å²) >= 11 is 0. The van der Waals surface area contributed by atoms with Gasteiger partial charge < -0.3 is 20.8 Å². The number of nitrogens with one attached hydrogen (secondary N) is 2. The molecule has 2 heterocycles. The first-order chi connectivity index (χ1) is 14.6. The number of nitrogens with zero attached hydrogens (tertiary/aromatic N) is 4. The lowest BCUT2D eigenvalue weighted by molar-refractivity contribution is -0.121. The zero-order valence-electron chi connectivity index (χ0n) is 16.8. The molecule has 0 fully saturated rings. The topological polar surface area (TPSA) is 123 Å². The molecule has 0 spiro atoms. The second-order valence-corrected chi connectivity index (χ2v) is 6.78. The van der Waals surface area contributed by atoms with Gasteiger partial charge in [-0.1, -0.05) is 12.1 Å². The van der Waals surface area contributed by atoms with E-state index in [4.69, 9.17) is 15.5 Å². The van der Waals surface area contributed by atoms with E-state index in [1.54, 1.807) is 18.5 Å². The number of ether oxygens (including phenoxy) is 1. The molecule has 0 aliphatic carbocycles. The first-order valence-electron chi connectivity index (χ1n) is 9.64. The first-order valence-corrected chi connectivity index (χ1v) is 9.64. The fourth-order valence-corrected chi connectivity index (χ4v) is 3.13. The lowest BCUT2D eigenvalue weighted by Crippen LogP contribution is -2.37. The summed E-state index contributed by atoms with van der Waals surface area (Å²) in [5, 5.41) is 8.31. The highest BCUT2D eigenvalue weighted by Gasteiger charge is 2.14. The third-order valence-electron chi connectivity index (χ3n) is 4.71. The first kappa shape index (κ1) is 19.6. The fraction of sp³-hybridized carbons (Fsp3) is 0.238. The zero-order chi connectivity index (χ0) is 21.1. The smallest absolute Gasteiger partial charge is 0.244 e. The van der Waals surface area contributed by atoms with Gasteiger partial charge in [-0.2, -0.15) is 4.52 Å². The third-order valence-corrected chi connectivity index (χ3v) is 4.71. The lowest BCUT2D eigenvalue weighted by Gasteiger charge is -2.07. The number of fused-ring (bicyclic) bond motifs is 3. The van der Waals surface area contributed by atoms with Crippen molar-refractivity contribution in [2.75, 3.05) is 20.2 Å². The van der Waals surface area contributed by atoms with Gasteiger partial charge in [0.05, 0.1) is 12.6 Å². The third kappa shape index (κ3) is 3.74. The molecular formula is C21H23N7O2. The zero-order valence-corrected chi connectivity index (χ0v) is 16.8. The number of benzene rings is 2. The molecule has 4 N–H and O–H groups in total. The minimum atomic E-state index is -0.620. The van der Waals surface area contributed by atoms with Crippen LogP contribution in [-0.2, 0) is 4.79 Å². The molecular weight excluding hydrogens is 382 g/mol. The molecule has 0 aliphatic rings. The molecule has 0 unspecified atom stereocenters. The summed E-state index contributed by atoms with van der Waals surface area (Å²) in [6, 6.07) is 14.7. The summed E-state index contributed by atoms with van der Waals surface area (Å²) in [5.74, 6) is 1.11. The number of hydrogen-bond donors (Lipinski definition) is 3. The number of hydrogen-bond acceptors (Lipinski definition) is 6. The molecule has 9 heteroatoms. The van der Waals surface area contributed by atoms with Crippen LogP contribution in [0.3, 0.4) is 0 Å².